The number of nitrogens with zero attached hydrogens (tertiary/aromatic N) is 2. The molecular formula is C23H26N2O. The summed E-state index contributed by atoms with van der Waals surface area (Å²) in [7, 11) is 1.77. The fourth-order valence-corrected chi connectivity index (χ4v) is 4.09. The first-order chi connectivity index (χ1) is 12.7. The Morgan fingerprint density at radius 2 is 1.81 bits per heavy atom. The molecule has 1 aliphatic rings. The molecule has 3 aromatic rings. The second-order valence-corrected chi connectivity index (χ2v) is 7.30. The van der Waals surface area contributed by atoms with Crippen LogP contribution in [0.1, 0.15) is 36.9 Å². The van der Waals surface area contributed by atoms with Crippen molar-refractivity contribution in [1.82, 2.24) is 9.78 Å². The molecule has 0 radical (unpaired) electrons. The molecule has 3 heteroatoms. The Hall–Kier alpha value is -2.55. The zero-order valence-corrected chi connectivity index (χ0v) is 15.6. The Bertz CT molecular complexity index is 876. The summed E-state index contributed by atoms with van der Waals surface area (Å²) in [5.74, 6) is 1.79. The Morgan fingerprint density at radius 1 is 1.04 bits per heavy atom. The van der Waals surface area contributed by atoms with Crippen molar-refractivity contribution < 1.29 is 4.74 Å². The molecule has 3 nitrogen and oxygen atoms in total. The van der Waals surface area contributed by atoms with E-state index in [1.54, 1.807) is 7.11 Å². The second-order valence-electron chi connectivity index (χ2n) is 7.30. The average Bonchev–Trinajstić information content (AvgIpc) is 3.32. The number of para-hydroxylation sites is 1. The van der Waals surface area contributed by atoms with Gasteiger partial charge < -0.3 is 4.74 Å². The van der Waals surface area contributed by atoms with Gasteiger partial charge in [0.1, 0.15) is 5.75 Å². The summed E-state index contributed by atoms with van der Waals surface area (Å²) < 4.78 is 7.68. The summed E-state index contributed by atoms with van der Waals surface area (Å²) >= 11 is 0. The lowest BCUT2D eigenvalue weighted by Gasteiger charge is -2.15. The minimum Gasteiger partial charge on any atom is -0.496 e. The molecule has 1 fully saturated rings. The first-order valence-corrected chi connectivity index (χ1v) is 9.54. The number of hydrogen-bond acceptors (Lipinski definition) is 2. The van der Waals surface area contributed by atoms with Crippen LogP contribution in [0.15, 0.2) is 54.6 Å². The predicted octanol–water partition coefficient (Wildman–Crippen LogP) is 5.59. The van der Waals surface area contributed by atoms with Gasteiger partial charge in [0.05, 0.1) is 24.2 Å². The molecular weight excluding hydrogens is 320 g/mol. The summed E-state index contributed by atoms with van der Waals surface area (Å²) in [6.07, 6.45) is 6.53. The van der Waals surface area contributed by atoms with Crippen LogP contribution in [0.2, 0.25) is 0 Å². The average molecular weight is 346 g/mol. The van der Waals surface area contributed by atoms with E-state index in [1.807, 2.05) is 17.7 Å². The van der Waals surface area contributed by atoms with Crippen molar-refractivity contribution >= 4 is 0 Å². The van der Waals surface area contributed by atoms with Crippen molar-refractivity contribution in [3.63, 3.8) is 0 Å². The highest BCUT2D eigenvalue weighted by molar-refractivity contribution is 5.65. The topological polar surface area (TPSA) is 27.1 Å². The molecule has 1 aliphatic carbocycles. The van der Waals surface area contributed by atoms with Gasteiger partial charge in [-0.2, -0.15) is 5.10 Å². The molecule has 2 aromatic carbocycles. The highest BCUT2D eigenvalue weighted by Crippen LogP contribution is 2.34. The van der Waals surface area contributed by atoms with Crippen molar-refractivity contribution in [3.05, 3.63) is 65.9 Å². The summed E-state index contributed by atoms with van der Waals surface area (Å²) in [6, 6.07) is 19.0. The molecule has 0 aliphatic heterocycles. The van der Waals surface area contributed by atoms with Gasteiger partial charge in [-0.25, -0.2) is 4.68 Å². The lowest BCUT2D eigenvalue weighted by atomic mass is 9.95. The van der Waals surface area contributed by atoms with E-state index >= 15 is 0 Å². The molecule has 26 heavy (non-hydrogen) atoms. The van der Waals surface area contributed by atoms with Gasteiger partial charge in [0.25, 0.3) is 0 Å². The van der Waals surface area contributed by atoms with E-state index < -0.39 is 0 Å². The maximum absolute atomic E-state index is 5.64. The van der Waals surface area contributed by atoms with E-state index in [0.29, 0.717) is 0 Å². The zero-order chi connectivity index (χ0) is 17.9. The van der Waals surface area contributed by atoms with Crippen LogP contribution in [0.4, 0.5) is 0 Å². The number of benzene rings is 2. The smallest absolute Gasteiger partial charge is 0.122 e. The summed E-state index contributed by atoms with van der Waals surface area (Å²) in [4.78, 5) is 0. The molecule has 134 valence electrons. The Morgan fingerprint density at radius 3 is 2.54 bits per heavy atom. The van der Waals surface area contributed by atoms with Crippen molar-refractivity contribution in [2.45, 2.75) is 39.0 Å². The van der Waals surface area contributed by atoms with Crippen molar-refractivity contribution in [3.8, 4) is 22.7 Å². The van der Waals surface area contributed by atoms with E-state index in [2.05, 4.69) is 48.5 Å². The van der Waals surface area contributed by atoms with Crippen molar-refractivity contribution in [2.24, 2.45) is 5.92 Å². The highest BCUT2D eigenvalue weighted by Gasteiger charge is 2.19. The van der Waals surface area contributed by atoms with E-state index in [4.69, 9.17) is 9.84 Å². The second kappa shape index (κ2) is 7.36. The molecule has 1 saturated carbocycles. The van der Waals surface area contributed by atoms with Gasteiger partial charge >= 0.3 is 0 Å². The standard InChI is InChI=1S/C23H26N2O/c1-17-14-22(25(24-17)21-10-4-3-5-11-21)19-12-13-23(26-2)20(16-19)15-18-8-6-7-9-18/h3-5,10-14,16,18H,6-9,15H2,1-2H3. The van der Waals surface area contributed by atoms with Crippen molar-refractivity contribution in [1.29, 1.82) is 0 Å². The Labute approximate surface area is 155 Å². The van der Waals surface area contributed by atoms with Crippen molar-refractivity contribution in [2.75, 3.05) is 7.11 Å². The van der Waals surface area contributed by atoms with Gasteiger partial charge in [-0.1, -0.05) is 43.9 Å². The molecule has 0 N–H and O–H groups in total. The molecule has 4 rings (SSSR count). The van der Waals surface area contributed by atoms with Crippen LogP contribution in [0.25, 0.3) is 16.9 Å². The SMILES string of the molecule is COc1ccc(-c2cc(C)nn2-c2ccccc2)cc1CC1CCCC1. The molecule has 0 unspecified atom stereocenters. The normalized spacial score (nSPS) is 14.7. The van der Waals surface area contributed by atoms with Gasteiger partial charge in [0.2, 0.25) is 0 Å². The lowest BCUT2D eigenvalue weighted by molar-refractivity contribution is 0.404. The molecule has 1 heterocycles. The summed E-state index contributed by atoms with van der Waals surface area (Å²) in [6.45, 7) is 2.05. The third kappa shape index (κ3) is 3.39. The number of aryl methyl sites for hydroxylation is 1. The van der Waals surface area contributed by atoms with Crippen LogP contribution in [0.3, 0.4) is 0 Å². The van der Waals surface area contributed by atoms with Gasteiger partial charge in [-0.15, -0.1) is 0 Å². The third-order valence-corrected chi connectivity index (χ3v) is 5.39. The van der Waals surface area contributed by atoms with Crippen LogP contribution in [-0.4, -0.2) is 16.9 Å². The highest BCUT2D eigenvalue weighted by atomic mass is 16.5. The van der Waals surface area contributed by atoms with Gasteiger partial charge in [-0.3, -0.25) is 0 Å². The number of ether oxygens (including phenoxy) is 1. The van der Waals surface area contributed by atoms with E-state index in [9.17, 15) is 0 Å². The van der Waals surface area contributed by atoms with Gasteiger partial charge in [0, 0.05) is 5.56 Å². The number of aromatic nitrogens is 2. The molecule has 0 atom stereocenters. The molecule has 0 saturated heterocycles. The van der Waals surface area contributed by atoms with Crippen LogP contribution < -0.4 is 4.74 Å². The lowest BCUT2D eigenvalue weighted by Crippen LogP contribution is -2.03. The first-order valence-electron chi connectivity index (χ1n) is 9.54. The van der Waals surface area contributed by atoms with Crippen LogP contribution in [0.5, 0.6) is 5.75 Å². The van der Waals surface area contributed by atoms with Gasteiger partial charge in [0.15, 0.2) is 0 Å². The molecule has 0 spiro atoms. The van der Waals surface area contributed by atoms with Crippen LogP contribution in [0, 0.1) is 12.8 Å². The first kappa shape index (κ1) is 16.9. The molecule has 1 aromatic heterocycles. The Kier molecular flexibility index (Phi) is 4.79. The maximum Gasteiger partial charge on any atom is 0.122 e. The summed E-state index contributed by atoms with van der Waals surface area (Å²) in [5, 5.41) is 4.72. The third-order valence-electron chi connectivity index (χ3n) is 5.39. The largest absolute Gasteiger partial charge is 0.496 e. The summed E-state index contributed by atoms with van der Waals surface area (Å²) in [5.41, 5.74) is 5.75. The Balaban J connectivity index is 1.74. The number of hydrogen-bond donors (Lipinski definition) is 0. The quantitative estimate of drug-likeness (QED) is 0.602. The molecule has 0 bridgehead atoms. The van der Waals surface area contributed by atoms with E-state index in [1.165, 1.54) is 36.8 Å². The number of rotatable bonds is 5. The number of methoxy groups -OCH3 is 1. The molecule has 0 amide bonds. The van der Waals surface area contributed by atoms with E-state index in [0.717, 1.165) is 35.2 Å². The zero-order valence-electron chi connectivity index (χ0n) is 15.6. The monoisotopic (exact) mass is 346 g/mol. The predicted molar refractivity (Wildman–Crippen MR) is 106 cm³/mol. The van der Waals surface area contributed by atoms with E-state index in [-0.39, 0.29) is 0 Å². The fourth-order valence-electron chi connectivity index (χ4n) is 4.09. The van der Waals surface area contributed by atoms with Crippen LogP contribution in [-0.2, 0) is 6.42 Å². The fraction of sp³-hybridized carbons (Fsp3) is 0.348. The van der Waals surface area contributed by atoms with Crippen LogP contribution >= 0.6 is 0 Å². The minimum absolute atomic E-state index is 0.792. The van der Waals surface area contributed by atoms with Gasteiger partial charge in [-0.05, 0) is 61.2 Å². The maximum atomic E-state index is 5.64. The minimum atomic E-state index is 0.792.